The van der Waals surface area contributed by atoms with Gasteiger partial charge in [-0.3, -0.25) is 14.2 Å². The molecular weight excluding hydrogens is 205 g/mol. The van der Waals surface area contributed by atoms with Crippen molar-refractivity contribution >= 4 is 16.1 Å². The monoisotopic (exact) mass is 211 g/mol. The van der Waals surface area contributed by atoms with E-state index in [0.717, 1.165) is 6.20 Å². The Morgan fingerprint density at radius 3 is 2.62 bits per heavy atom. The fraction of sp³-hybridized carbons (Fsp3) is 0. The summed E-state index contributed by atoms with van der Waals surface area (Å²) in [5.41, 5.74) is -0.705. The van der Waals surface area contributed by atoms with Crippen molar-refractivity contribution in [2.45, 2.75) is 0 Å². The van der Waals surface area contributed by atoms with Crippen molar-refractivity contribution in [3.8, 4) is 0 Å². The Kier molecular flexibility index (Phi) is 3.51. The Morgan fingerprint density at radius 2 is 2.15 bits per heavy atom. The van der Waals surface area contributed by atoms with Gasteiger partial charge >= 0.3 is 16.0 Å². The number of rotatable bonds is 2. The van der Waals surface area contributed by atoms with Crippen LogP contribution in [-0.4, -0.2) is 22.9 Å². The third-order valence-electron chi connectivity index (χ3n) is 0.914. The van der Waals surface area contributed by atoms with Crippen LogP contribution >= 0.6 is 0 Å². The molecule has 0 aliphatic heterocycles. The number of hydrogen-bond acceptors (Lipinski definition) is 4. The lowest BCUT2D eigenvalue weighted by Crippen LogP contribution is -2.16. The Bertz CT molecular complexity index is 427. The summed E-state index contributed by atoms with van der Waals surface area (Å²) in [5, 5.41) is 0. The highest BCUT2D eigenvalue weighted by atomic mass is 32.2. The second-order valence-electron chi connectivity index (χ2n) is 1.87. The second kappa shape index (κ2) is 3.96. The van der Waals surface area contributed by atoms with E-state index in [1.54, 1.807) is 4.72 Å². The number of nitrogens with one attached hydrogen (secondary N) is 2. The Labute approximate surface area is 72.1 Å². The van der Waals surface area contributed by atoms with Gasteiger partial charge in [0, 0.05) is 6.20 Å². The molecule has 3 N–H and O–H groups in total. The van der Waals surface area contributed by atoms with E-state index < -0.39 is 16.0 Å². The van der Waals surface area contributed by atoms with Crippen molar-refractivity contribution in [2.24, 2.45) is 0 Å². The van der Waals surface area contributed by atoms with Crippen molar-refractivity contribution in [3.05, 3.63) is 22.7 Å². The minimum absolute atomic E-state index is 0. The highest BCUT2D eigenvalue weighted by Crippen LogP contribution is 1.97. The van der Waals surface area contributed by atoms with Crippen LogP contribution in [0, 0.1) is 0 Å². The van der Waals surface area contributed by atoms with Gasteiger partial charge < -0.3 is 0 Å². The first-order valence-electron chi connectivity index (χ1n) is 2.78. The zero-order valence-corrected chi connectivity index (χ0v) is 6.91. The first-order valence-corrected chi connectivity index (χ1v) is 4.22. The molecule has 9 heteroatoms. The molecule has 1 aromatic heterocycles. The van der Waals surface area contributed by atoms with Crippen molar-refractivity contribution in [2.75, 3.05) is 4.72 Å². The van der Waals surface area contributed by atoms with Crippen LogP contribution in [0.1, 0.15) is 0 Å². The summed E-state index contributed by atoms with van der Waals surface area (Å²) in [5.74, 6) is -0.141. The molecule has 0 saturated heterocycles. The summed E-state index contributed by atoms with van der Waals surface area (Å²) < 4.78 is 30.4. The standard InChI is InChI=1S/C4H5N3O4S.FH/c8-4-5-2-1-3(6-4)7-12(9,10)11;/h1-2H,(H,9,10,11)(H2,5,6,7,8);1H. The van der Waals surface area contributed by atoms with Crippen molar-refractivity contribution in [1.29, 1.82) is 0 Å². The zero-order valence-electron chi connectivity index (χ0n) is 6.09. The second-order valence-corrected chi connectivity index (χ2v) is 3.02. The molecule has 0 aliphatic rings. The van der Waals surface area contributed by atoms with Crippen LogP contribution < -0.4 is 10.4 Å². The topological polar surface area (TPSA) is 112 Å². The smallest absolute Gasteiger partial charge is 0.291 e. The van der Waals surface area contributed by atoms with E-state index in [1.807, 2.05) is 4.98 Å². The first-order chi connectivity index (χ1) is 5.47. The molecule has 0 amide bonds. The molecule has 7 nitrogen and oxygen atoms in total. The fourth-order valence-corrected chi connectivity index (χ4v) is 0.964. The van der Waals surface area contributed by atoms with E-state index in [-0.39, 0.29) is 10.5 Å². The quantitative estimate of drug-likeness (QED) is 0.551. The van der Waals surface area contributed by atoms with Crippen molar-refractivity contribution in [1.82, 2.24) is 9.97 Å². The van der Waals surface area contributed by atoms with E-state index in [1.165, 1.54) is 6.07 Å². The first kappa shape index (κ1) is 11.5. The van der Waals surface area contributed by atoms with E-state index >= 15 is 0 Å². The van der Waals surface area contributed by atoms with Gasteiger partial charge in [-0.15, -0.1) is 0 Å². The summed E-state index contributed by atoms with van der Waals surface area (Å²) in [6, 6.07) is 1.19. The number of aromatic amines is 1. The molecule has 0 aliphatic carbocycles. The molecule has 0 atom stereocenters. The van der Waals surface area contributed by atoms with Gasteiger partial charge in [0.05, 0.1) is 0 Å². The molecule has 0 bridgehead atoms. The fourth-order valence-electron chi connectivity index (χ4n) is 0.567. The lowest BCUT2D eigenvalue weighted by Gasteiger charge is -1.99. The molecule has 0 fully saturated rings. The molecule has 0 saturated carbocycles. The average Bonchev–Trinajstić information content (AvgIpc) is 1.82. The van der Waals surface area contributed by atoms with Crippen molar-refractivity contribution in [3.63, 3.8) is 0 Å². The number of H-pyrrole nitrogens is 1. The summed E-state index contributed by atoms with van der Waals surface area (Å²) in [6.45, 7) is 0. The highest BCUT2D eigenvalue weighted by molar-refractivity contribution is 7.87. The predicted octanol–water partition coefficient (Wildman–Crippen LogP) is -0.863. The third-order valence-corrected chi connectivity index (χ3v) is 1.39. The van der Waals surface area contributed by atoms with Gasteiger partial charge in [0.25, 0.3) is 0 Å². The maximum Gasteiger partial charge on any atom is 0.358 e. The molecule has 13 heavy (non-hydrogen) atoms. The van der Waals surface area contributed by atoms with Crippen LogP contribution in [0.4, 0.5) is 10.5 Å². The average molecular weight is 211 g/mol. The molecule has 0 unspecified atom stereocenters. The molecular formula is C4H6FN3O4S. The molecule has 0 spiro atoms. The number of nitrogens with zero attached hydrogens (tertiary/aromatic N) is 1. The van der Waals surface area contributed by atoms with Gasteiger partial charge in [0.2, 0.25) is 0 Å². The minimum Gasteiger partial charge on any atom is -0.291 e. The van der Waals surface area contributed by atoms with Crippen LogP contribution in [0.2, 0.25) is 0 Å². The summed E-state index contributed by atoms with van der Waals surface area (Å²) >= 11 is 0. The maximum absolute atomic E-state index is 10.5. The van der Waals surface area contributed by atoms with Gasteiger partial charge in [0.15, 0.2) is 0 Å². The Morgan fingerprint density at radius 1 is 1.54 bits per heavy atom. The van der Waals surface area contributed by atoms with Crippen LogP contribution in [0.15, 0.2) is 17.1 Å². The summed E-state index contributed by atoms with van der Waals surface area (Å²) in [7, 11) is -4.34. The number of aromatic nitrogens is 2. The zero-order chi connectivity index (χ0) is 9.19. The number of halogens is 1. The van der Waals surface area contributed by atoms with Crippen LogP contribution in [0.25, 0.3) is 0 Å². The summed E-state index contributed by atoms with van der Waals surface area (Å²) in [4.78, 5) is 15.8. The molecule has 74 valence electrons. The van der Waals surface area contributed by atoms with Crippen LogP contribution in [-0.2, 0) is 10.3 Å². The van der Waals surface area contributed by atoms with Gasteiger partial charge in [-0.25, -0.2) is 14.5 Å². The van der Waals surface area contributed by atoms with E-state index in [9.17, 15) is 13.2 Å². The third kappa shape index (κ3) is 4.18. The molecule has 1 aromatic rings. The van der Waals surface area contributed by atoms with E-state index in [2.05, 4.69) is 4.98 Å². The summed E-state index contributed by atoms with van der Waals surface area (Å²) in [6.07, 6.45) is 1.10. The molecule has 1 heterocycles. The van der Waals surface area contributed by atoms with E-state index in [0.29, 0.717) is 0 Å². The van der Waals surface area contributed by atoms with Crippen molar-refractivity contribution < 1.29 is 17.7 Å². The van der Waals surface area contributed by atoms with Crippen LogP contribution in [0.5, 0.6) is 0 Å². The lowest BCUT2D eigenvalue weighted by molar-refractivity contribution is 0.489. The van der Waals surface area contributed by atoms with E-state index in [4.69, 9.17) is 4.55 Å². The Hall–Kier alpha value is -1.48. The molecule has 0 aromatic carbocycles. The van der Waals surface area contributed by atoms with Gasteiger partial charge in [-0.05, 0) is 6.07 Å². The SMILES string of the molecule is F.O=c1nccc(NS(=O)(=O)O)[nH]1. The molecule has 0 radical (unpaired) electrons. The van der Waals surface area contributed by atoms with Gasteiger partial charge in [-0.1, -0.05) is 0 Å². The maximum atomic E-state index is 10.5. The minimum atomic E-state index is -4.34. The largest absolute Gasteiger partial charge is 0.358 e. The normalized spacial score (nSPS) is 10.2. The lowest BCUT2D eigenvalue weighted by atomic mass is 10.6. The Balaban J connectivity index is 0.00000144. The number of anilines is 1. The molecule has 1 rings (SSSR count). The van der Waals surface area contributed by atoms with Gasteiger partial charge in [-0.2, -0.15) is 8.42 Å². The number of hydrogen-bond donors (Lipinski definition) is 3. The predicted molar refractivity (Wildman–Crippen MR) is 42.5 cm³/mol. The highest BCUT2D eigenvalue weighted by Gasteiger charge is 2.03. The van der Waals surface area contributed by atoms with Gasteiger partial charge in [0.1, 0.15) is 5.82 Å². The van der Waals surface area contributed by atoms with Crippen LogP contribution in [0.3, 0.4) is 0 Å².